The van der Waals surface area contributed by atoms with Crippen molar-refractivity contribution in [2.75, 3.05) is 5.32 Å². The number of halogens is 1. The normalized spacial score (nSPS) is 16.4. The molecule has 0 bridgehead atoms. The second-order valence-electron chi connectivity index (χ2n) is 6.58. The molecule has 1 N–H and O–H groups in total. The van der Waals surface area contributed by atoms with Crippen LogP contribution in [0, 0.1) is 12.7 Å². The van der Waals surface area contributed by atoms with Crippen molar-refractivity contribution in [3.8, 4) is 6.01 Å². The van der Waals surface area contributed by atoms with E-state index in [9.17, 15) is 9.18 Å². The van der Waals surface area contributed by atoms with Gasteiger partial charge in [0.25, 0.3) is 0 Å². The maximum atomic E-state index is 13.3. The number of nitrogens with zero attached hydrogens (tertiary/aromatic N) is 3. The molecular weight excluding hydrogens is 347 g/mol. The first-order chi connectivity index (χ1) is 13.1. The van der Waals surface area contributed by atoms with Crippen LogP contribution in [0.1, 0.15) is 29.2 Å². The summed E-state index contributed by atoms with van der Waals surface area (Å²) in [6.07, 6.45) is 0.277. The molecule has 1 unspecified atom stereocenters. The summed E-state index contributed by atoms with van der Waals surface area (Å²) in [5.41, 5.74) is 3.89. The van der Waals surface area contributed by atoms with Gasteiger partial charge in [-0.25, -0.2) is 4.39 Å². The molecule has 6 nitrogen and oxygen atoms in total. The number of oxazole rings is 1. The summed E-state index contributed by atoms with van der Waals surface area (Å²) in [5, 5.41) is 7.45. The molecule has 2 aromatic heterocycles. The smallest absolute Gasteiger partial charge is 0.325 e. The second kappa shape index (κ2) is 5.77. The molecular formula is C20H15FN4O2. The fourth-order valence-electron chi connectivity index (χ4n) is 3.62. The van der Waals surface area contributed by atoms with Crippen LogP contribution in [0.2, 0.25) is 0 Å². The van der Waals surface area contributed by atoms with Crippen molar-refractivity contribution in [3.05, 3.63) is 71.2 Å². The lowest BCUT2D eigenvalue weighted by Crippen LogP contribution is -2.25. The third-order valence-corrected chi connectivity index (χ3v) is 4.84. The fraction of sp³-hybridized carbons (Fsp3) is 0.150. The van der Waals surface area contributed by atoms with E-state index in [1.54, 1.807) is 12.1 Å². The largest absolute Gasteiger partial charge is 0.422 e. The Hall–Kier alpha value is -3.48. The Morgan fingerprint density at radius 2 is 1.96 bits per heavy atom. The van der Waals surface area contributed by atoms with E-state index in [2.05, 4.69) is 15.4 Å². The number of amides is 1. The lowest BCUT2D eigenvalue weighted by molar-refractivity contribution is -0.116. The lowest BCUT2D eigenvalue weighted by atomic mass is 9.86. The third kappa shape index (κ3) is 2.51. The van der Waals surface area contributed by atoms with Crippen LogP contribution >= 0.6 is 0 Å². The number of rotatable bonds is 2. The summed E-state index contributed by atoms with van der Waals surface area (Å²) in [5.74, 6) is -0.0932. The number of carbonyl (C=O) groups excluding carboxylic acids is 1. The monoisotopic (exact) mass is 362 g/mol. The number of aromatic nitrogens is 3. The van der Waals surface area contributed by atoms with E-state index in [0.29, 0.717) is 22.9 Å². The quantitative estimate of drug-likeness (QED) is 0.586. The van der Waals surface area contributed by atoms with Crippen LogP contribution in [0.15, 0.2) is 52.9 Å². The maximum absolute atomic E-state index is 13.3. The Morgan fingerprint density at radius 3 is 2.74 bits per heavy atom. The van der Waals surface area contributed by atoms with Gasteiger partial charge in [0.1, 0.15) is 17.2 Å². The average molecular weight is 362 g/mol. The van der Waals surface area contributed by atoms with Crippen molar-refractivity contribution in [1.29, 1.82) is 0 Å². The molecule has 0 radical (unpaired) electrons. The minimum atomic E-state index is -0.307. The van der Waals surface area contributed by atoms with Crippen molar-refractivity contribution in [1.82, 2.24) is 14.8 Å². The average Bonchev–Trinajstić information content (AvgIpc) is 3.23. The van der Waals surface area contributed by atoms with Gasteiger partial charge in [0, 0.05) is 17.9 Å². The molecule has 1 aliphatic rings. The summed E-state index contributed by atoms with van der Waals surface area (Å²) in [6, 6.07) is 13.9. The molecule has 2 aromatic carbocycles. The van der Waals surface area contributed by atoms with Gasteiger partial charge in [-0.1, -0.05) is 24.3 Å². The number of benzene rings is 2. The van der Waals surface area contributed by atoms with Gasteiger partial charge >= 0.3 is 6.01 Å². The third-order valence-electron chi connectivity index (χ3n) is 4.84. The number of para-hydroxylation sites is 2. The van der Waals surface area contributed by atoms with Gasteiger partial charge in [-0.05, 0) is 36.8 Å². The number of nitrogens with one attached hydrogen (secondary N) is 1. The van der Waals surface area contributed by atoms with Crippen LogP contribution in [-0.2, 0) is 4.79 Å². The van der Waals surface area contributed by atoms with E-state index in [1.807, 2.05) is 31.2 Å². The molecule has 0 spiro atoms. The Kier molecular flexibility index (Phi) is 3.36. The van der Waals surface area contributed by atoms with Crippen LogP contribution in [0.4, 0.5) is 10.2 Å². The predicted octanol–water partition coefficient (Wildman–Crippen LogP) is 3.94. The highest BCUT2D eigenvalue weighted by Gasteiger charge is 2.33. The van der Waals surface area contributed by atoms with Crippen LogP contribution in [0.25, 0.3) is 17.1 Å². The number of hydrogen-bond donors (Lipinski definition) is 1. The molecule has 0 aliphatic carbocycles. The standard InChI is InChI=1S/C20H15FN4O2/c1-11-18-14(12-6-8-13(21)9-7-12)10-17(26)23-19(18)25(24-11)20-22-15-4-2-3-5-16(15)27-20/h2-9,14H,10H2,1H3,(H,23,26). The van der Waals surface area contributed by atoms with Crippen molar-refractivity contribution in [2.45, 2.75) is 19.3 Å². The molecule has 3 heterocycles. The van der Waals surface area contributed by atoms with Gasteiger partial charge in [-0.3, -0.25) is 4.79 Å². The molecule has 27 heavy (non-hydrogen) atoms. The van der Waals surface area contributed by atoms with Gasteiger partial charge in [0.2, 0.25) is 5.91 Å². The number of hydrogen-bond acceptors (Lipinski definition) is 4. The minimum Gasteiger partial charge on any atom is -0.422 e. The van der Waals surface area contributed by atoms with Gasteiger partial charge in [0.15, 0.2) is 5.58 Å². The first kappa shape index (κ1) is 15.7. The first-order valence-corrected chi connectivity index (χ1v) is 8.61. The summed E-state index contributed by atoms with van der Waals surface area (Å²) in [7, 11) is 0. The number of anilines is 1. The molecule has 0 saturated heterocycles. The zero-order valence-corrected chi connectivity index (χ0v) is 14.4. The Bertz CT molecular complexity index is 1140. The van der Waals surface area contributed by atoms with Crippen LogP contribution in [0.3, 0.4) is 0 Å². The predicted molar refractivity (Wildman–Crippen MR) is 97.4 cm³/mol. The number of aryl methyl sites for hydroxylation is 1. The van der Waals surface area contributed by atoms with E-state index in [4.69, 9.17) is 4.42 Å². The van der Waals surface area contributed by atoms with E-state index < -0.39 is 0 Å². The molecule has 0 saturated carbocycles. The fourth-order valence-corrected chi connectivity index (χ4v) is 3.62. The summed E-state index contributed by atoms with van der Waals surface area (Å²) in [6.45, 7) is 1.88. The lowest BCUT2D eigenvalue weighted by Gasteiger charge is -2.23. The molecule has 5 rings (SSSR count). The van der Waals surface area contributed by atoms with Gasteiger partial charge in [-0.2, -0.15) is 14.8 Å². The topological polar surface area (TPSA) is 73.0 Å². The highest BCUT2D eigenvalue weighted by molar-refractivity contribution is 5.95. The van der Waals surface area contributed by atoms with E-state index in [0.717, 1.165) is 16.8 Å². The van der Waals surface area contributed by atoms with Crippen LogP contribution < -0.4 is 5.32 Å². The Morgan fingerprint density at radius 1 is 1.19 bits per heavy atom. The first-order valence-electron chi connectivity index (χ1n) is 8.61. The number of fused-ring (bicyclic) bond motifs is 2. The maximum Gasteiger partial charge on any atom is 0.325 e. The molecule has 1 aliphatic heterocycles. The van der Waals surface area contributed by atoms with Gasteiger partial charge < -0.3 is 9.73 Å². The van der Waals surface area contributed by atoms with Crippen LogP contribution in [-0.4, -0.2) is 20.7 Å². The highest BCUT2D eigenvalue weighted by atomic mass is 19.1. The van der Waals surface area contributed by atoms with Crippen LogP contribution in [0.5, 0.6) is 0 Å². The van der Waals surface area contributed by atoms with Crippen molar-refractivity contribution >= 4 is 22.8 Å². The highest BCUT2D eigenvalue weighted by Crippen LogP contribution is 2.40. The molecule has 1 amide bonds. The molecule has 7 heteroatoms. The van der Waals surface area contributed by atoms with Crippen molar-refractivity contribution in [2.24, 2.45) is 0 Å². The van der Waals surface area contributed by atoms with E-state index >= 15 is 0 Å². The molecule has 4 aromatic rings. The zero-order chi connectivity index (χ0) is 18.5. The molecule has 0 fully saturated rings. The molecule has 134 valence electrons. The summed E-state index contributed by atoms with van der Waals surface area (Å²) < 4.78 is 20.7. The molecule has 1 atom stereocenters. The van der Waals surface area contributed by atoms with E-state index in [-0.39, 0.29) is 24.1 Å². The zero-order valence-electron chi connectivity index (χ0n) is 14.4. The summed E-state index contributed by atoms with van der Waals surface area (Å²) >= 11 is 0. The van der Waals surface area contributed by atoms with Crippen molar-refractivity contribution in [3.63, 3.8) is 0 Å². The minimum absolute atomic E-state index is 0.130. The van der Waals surface area contributed by atoms with Crippen molar-refractivity contribution < 1.29 is 13.6 Å². The van der Waals surface area contributed by atoms with Gasteiger partial charge in [-0.15, -0.1) is 0 Å². The Labute approximate surface area is 153 Å². The second-order valence-corrected chi connectivity index (χ2v) is 6.58. The SMILES string of the molecule is Cc1nn(-c2nc3ccccc3o2)c2c1C(c1ccc(F)cc1)CC(=O)N2. The van der Waals surface area contributed by atoms with Gasteiger partial charge in [0.05, 0.1) is 5.69 Å². The Balaban J connectivity index is 1.67. The number of carbonyl (C=O) groups is 1. The van der Waals surface area contributed by atoms with E-state index in [1.165, 1.54) is 16.8 Å². The summed E-state index contributed by atoms with van der Waals surface area (Å²) in [4.78, 5) is 16.8.